The zero-order valence-electron chi connectivity index (χ0n) is 35.0. The Balaban J connectivity index is 3.56. The molecule has 0 aromatic rings. The maximum absolute atomic E-state index is 12.3. The van der Waals surface area contributed by atoms with Crippen molar-refractivity contribution in [1.29, 1.82) is 0 Å². The fraction of sp³-hybridized carbons (Fsp3) is 0.830. The van der Waals surface area contributed by atoms with E-state index in [0.717, 1.165) is 77.0 Å². The highest BCUT2D eigenvalue weighted by Crippen LogP contribution is 2.13. The first-order chi connectivity index (χ1) is 26.0. The van der Waals surface area contributed by atoms with Crippen molar-refractivity contribution in [2.45, 2.75) is 238 Å². The van der Waals surface area contributed by atoms with Crippen LogP contribution in [0, 0.1) is 0 Å². The summed E-state index contributed by atoms with van der Waals surface area (Å²) in [4.78, 5) is 24.3. The van der Waals surface area contributed by atoms with Crippen LogP contribution in [0.25, 0.3) is 0 Å². The number of carbonyl (C=O) groups is 2. The van der Waals surface area contributed by atoms with E-state index in [1.165, 1.54) is 122 Å². The molecule has 3 N–H and O–H groups in total. The molecule has 6 heteroatoms. The minimum absolute atomic E-state index is 0.0473. The lowest BCUT2D eigenvalue weighted by molar-refractivity contribution is -0.143. The van der Waals surface area contributed by atoms with Crippen LogP contribution in [-0.2, 0) is 14.3 Å². The number of carbonyl (C=O) groups excluding carboxylic acids is 2. The number of esters is 1. The van der Waals surface area contributed by atoms with Crippen LogP contribution in [0.5, 0.6) is 0 Å². The lowest BCUT2D eigenvalue weighted by Crippen LogP contribution is -2.45. The molecule has 0 aromatic heterocycles. The number of nitrogens with one attached hydrogen (secondary N) is 1. The fourth-order valence-electron chi connectivity index (χ4n) is 6.56. The number of ether oxygens (including phenoxy) is 1. The van der Waals surface area contributed by atoms with Crippen molar-refractivity contribution >= 4 is 11.9 Å². The highest BCUT2D eigenvalue weighted by Gasteiger charge is 2.18. The van der Waals surface area contributed by atoms with Crippen molar-refractivity contribution in [3.63, 3.8) is 0 Å². The van der Waals surface area contributed by atoms with E-state index in [9.17, 15) is 19.8 Å². The van der Waals surface area contributed by atoms with Gasteiger partial charge in [-0.25, -0.2) is 0 Å². The van der Waals surface area contributed by atoms with E-state index in [-0.39, 0.29) is 18.5 Å². The Morgan fingerprint density at radius 2 is 0.887 bits per heavy atom. The molecule has 310 valence electrons. The molecular formula is C47H87NO5. The summed E-state index contributed by atoms with van der Waals surface area (Å²) in [5, 5.41) is 22.8. The molecule has 0 aromatic carbocycles. The first-order valence-corrected chi connectivity index (χ1v) is 22.8. The smallest absolute Gasteiger partial charge is 0.305 e. The Morgan fingerprint density at radius 1 is 0.509 bits per heavy atom. The molecule has 0 rings (SSSR count). The number of unbranched alkanes of at least 4 members (excludes halogenated alkanes) is 26. The summed E-state index contributed by atoms with van der Waals surface area (Å²) in [6.07, 6.45) is 49.9. The van der Waals surface area contributed by atoms with Crippen LogP contribution in [0.4, 0.5) is 0 Å². The molecule has 2 unspecified atom stereocenters. The minimum atomic E-state index is -0.864. The zero-order chi connectivity index (χ0) is 38.7. The highest BCUT2D eigenvalue weighted by molar-refractivity contribution is 5.76. The summed E-state index contributed by atoms with van der Waals surface area (Å²) < 4.78 is 5.42. The predicted octanol–water partition coefficient (Wildman–Crippen LogP) is 12.9. The topological polar surface area (TPSA) is 95.9 Å². The molecule has 0 aliphatic carbocycles. The van der Waals surface area contributed by atoms with E-state index < -0.39 is 12.1 Å². The van der Waals surface area contributed by atoms with Gasteiger partial charge >= 0.3 is 5.97 Å². The summed E-state index contributed by atoms with van der Waals surface area (Å²) in [6.45, 7) is 4.77. The van der Waals surface area contributed by atoms with Gasteiger partial charge in [0.1, 0.15) is 0 Å². The Kier molecular flexibility index (Phi) is 41.3. The summed E-state index contributed by atoms with van der Waals surface area (Å²) in [5.41, 5.74) is 0. The van der Waals surface area contributed by atoms with Gasteiger partial charge in [-0.3, -0.25) is 9.59 Å². The second-order valence-corrected chi connectivity index (χ2v) is 15.4. The van der Waals surface area contributed by atoms with Gasteiger partial charge in [-0.15, -0.1) is 0 Å². The molecular weight excluding hydrogens is 659 g/mol. The molecule has 53 heavy (non-hydrogen) atoms. The third kappa shape index (κ3) is 39.6. The van der Waals surface area contributed by atoms with Crippen LogP contribution in [0.3, 0.4) is 0 Å². The molecule has 0 aliphatic heterocycles. The molecule has 0 heterocycles. The van der Waals surface area contributed by atoms with Gasteiger partial charge in [-0.2, -0.15) is 0 Å². The van der Waals surface area contributed by atoms with Crippen LogP contribution in [-0.4, -0.2) is 47.4 Å². The molecule has 0 saturated carbocycles. The quantitative estimate of drug-likeness (QED) is 0.0329. The third-order valence-corrected chi connectivity index (χ3v) is 10.1. The van der Waals surface area contributed by atoms with E-state index in [1.807, 2.05) is 6.08 Å². The molecule has 0 radical (unpaired) electrons. The second kappa shape index (κ2) is 42.8. The van der Waals surface area contributed by atoms with Crippen molar-refractivity contribution in [3.8, 4) is 0 Å². The van der Waals surface area contributed by atoms with E-state index in [1.54, 1.807) is 6.08 Å². The van der Waals surface area contributed by atoms with Crippen LogP contribution < -0.4 is 5.32 Å². The number of rotatable bonds is 41. The van der Waals surface area contributed by atoms with Gasteiger partial charge in [0.2, 0.25) is 5.91 Å². The van der Waals surface area contributed by atoms with Gasteiger partial charge in [0.15, 0.2) is 0 Å². The van der Waals surface area contributed by atoms with Gasteiger partial charge in [-0.1, -0.05) is 166 Å². The van der Waals surface area contributed by atoms with Crippen molar-refractivity contribution in [1.82, 2.24) is 5.32 Å². The normalized spacial score (nSPS) is 13.1. The molecule has 2 atom stereocenters. The summed E-state index contributed by atoms with van der Waals surface area (Å²) in [6, 6.07) is -0.651. The lowest BCUT2D eigenvalue weighted by Gasteiger charge is -2.20. The summed E-state index contributed by atoms with van der Waals surface area (Å²) >= 11 is 0. The third-order valence-electron chi connectivity index (χ3n) is 10.1. The first kappa shape index (κ1) is 51.1. The zero-order valence-corrected chi connectivity index (χ0v) is 35.0. The largest absolute Gasteiger partial charge is 0.466 e. The molecule has 0 bridgehead atoms. The number of allylic oxidation sites excluding steroid dienone is 5. The van der Waals surface area contributed by atoms with E-state index in [4.69, 9.17) is 4.74 Å². The summed E-state index contributed by atoms with van der Waals surface area (Å²) in [7, 11) is 0. The Hall–Kier alpha value is -1.92. The SMILES string of the molecule is CCCCCCCCC/C=C\CCCCCCCC(=O)OCCCC/C=C\CCCCCCC(=O)NC(CO)C(O)/C=C/CCCCCCCCCC. The first-order valence-electron chi connectivity index (χ1n) is 22.8. The molecule has 0 spiro atoms. The average Bonchev–Trinajstić information content (AvgIpc) is 3.16. The van der Waals surface area contributed by atoms with Gasteiger partial charge in [0.05, 0.1) is 25.4 Å². The van der Waals surface area contributed by atoms with Crippen molar-refractivity contribution in [2.24, 2.45) is 0 Å². The lowest BCUT2D eigenvalue weighted by atomic mass is 10.1. The highest BCUT2D eigenvalue weighted by atomic mass is 16.5. The maximum Gasteiger partial charge on any atom is 0.305 e. The molecule has 1 amide bonds. The van der Waals surface area contributed by atoms with Crippen molar-refractivity contribution < 1.29 is 24.5 Å². The minimum Gasteiger partial charge on any atom is -0.466 e. The second-order valence-electron chi connectivity index (χ2n) is 15.4. The van der Waals surface area contributed by atoms with E-state index in [2.05, 4.69) is 43.5 Å². The van der Waals surface area contributed by atoms with Gasteiger partial charge < -0.3 is 20.3 Å². The van der Waals surface area contributed by atoms with Crippen molar-refractivity contribution in [2.75, 3.05) is 13.2 Å². The number of amides is 1. The van der Waals surface area contributed by atoms with Crippen LogP contribution in [0.15, 0.2) is 36.5 Å². The van der Waals surface area contributed by atoms with Crippen LogP contribution >= 0.6 is 0 Å². The molecule has 0 aliphatic rings. The van der Waals surface area contributed by atoms with Gasteiger partial charge in [-0.05, 0) is 83.5 Å². The number of aliphatic hydroxyl groups is 2. The van der Waals surface area contributed by atoms with Gasteiger partial charge in [0.25, 0.3) is 0 Å². The van der Waals surface area contributed by atoms with Crippen LogP contribution in [0.1, 0.15) is 226 Å². The number of hydrogen-bond donors (Lipinski definition) is 3. The predicted molar refractivity (Wildman–Crippen MR) is 227 cm³/mol. The van der Waals surface area contributed by atoms with Crippen molar-refractivity contribution in [3.05, 3.63) is 36.5 Å². The number of hydrogen-bond acceptors (Lipinski definition) is 5. The molecule has 0 fully saturated rings. The fourth-order valence-corrected chi connectivity index (χ4v) is 6.56. The Morgan fingerprint density at radius 3 is 1.34 bits per heavy atom. The molecule has 6 nitrogen and oxygen atoms in total. The standard InChI is InChI=1S/C47H87NO5/c1-3-5-7-9-11-13-15-16-17-18-19-20-25-29-33-37-41-47(52)53-42-38-34-30-26-22-21-24-28-32-36-40-46(51)48-44(43-49)45(50)39-35-31-27-23-14-12-10-8-6-4-2/h17-18,22,26,35,39,44-45,49-50H,3-16,19-21,23-25,27-34,36-38,40-43H2,1-2H3,(H,48,51)/b18-17-,26-22-,39-35+. The Bertz CT molecular complexity index is 869. The van der Waals surface area contributed by atoms with E-state index >= 15 is 0 Å². The monoisotopic (exact) mass is 746 g/mol. The van der Waals surface area contributed by atoms with Gasteiger partial charge in [0, 0.05) is 12.8 Å². The van der Waals surface area contributed by atoms with Crippen LogP contribution in [0.2, 0.25) is 0 Å². The molecule has 0 saturated heterocycles. The Labute approximate surface area is 328 Å². The van der Waals surface area contributed by atoms with E-state index in [0.29, 0.717) is 19.4 Å². The number of aliphatic hydroxyl groups excluding tert-OH is 2. The average molecular weight is 746 g/mol. The summed E-state index contributed by atoms with van der Waals surface area (Å²) in [5.74, 6) is -0.155. The maximum atomic E-state index is 12.3.